The summed E-state index contributed by atoms with van der Waals surface area (Å²) < 4.78 is 12.1. The van der Waals surface area contributed by atoms with Crippen molar-refractivity contribution in [2.24, 2.45) is 11.8 Å². The Morgan fingerprint density at radius 1 is 1.23 bits per heavy atom. The summed E-state index contributed by atoms with van der Waals surface area (Å²) in [5.74, 6) is 1.08. The average molecular weight is 481 g/mol. The molecule has 4 rings (SSSR count). The van der Waals surface area contributed by atoms with Gasteiger partial charge in [-0.3, -0.25) is 19.5 Å². The topological polar surface area (TPSA) is 84.0 Å². The van der Waals surface area contributed by atoms with Gasteiger partial charge < -0.3 is 19.7 Å². The Labute approximate surface area is 207 Å². The maximum absolute atomic E-state index is 13.4. The van der Waals surface area contributed by atoms with Crippen LogP contribution in [0.1, 0.15) is 47.4 Å². The van der Waals surface area contributed by atoms with Crippen LogP contribution in [0.2, 0.25) is 0 Å². The van der Waals surface area contributed by atoms with Crippen molar-refractivity contribution in [2.75, 3.05) is 45.7 Å². The fraction of sp³-hybridized carbons (Fsp3) is 0.519. The summed E-state index contributed by atoms with van der Waals surface area (Å²) in [7, 11) is 3.51. The number of aromatic nitrogens is 1. The van der Waals surface area contributed by atoms with Crippen LogP contribution in [0.15, 0.2) is 42.7 Å². The zero-order chi connectivity index (χ0) is 24.9. The zero-order valence-corrected chi connectivity index (χ0v) is 21.1. The van der Waals surface area contributed by atoms with Crippen LogP contribution < -0.4 is 10.1 Å². The predicted molar refractivity (Wildman–Crippen MR) is 135 cm³/mol. The second kappa shape index (κ2) is 11.2. The van der Waals surface area contributed by atoms with Gasteiger partial charge in [-0.1, -0.05) is 6.92 Å². The second-order valence-electron chi connectivity index (χ2n) is 9.90. The summed E-state index contributed by atoms with van der Waals surface area (Å²) in [6.45, 7) is 7.23. The molecule has 3 atom stereocenters. The first-order valence-electron chi connectivity index (χ1n) is 12.4. The summed E-state index contributed by atoms with van der Waals surface area (Å²) in [5.41, 5.74) is 1.49. The molecule has 8 heteroatoms. The number of fused-ring (bicyclic) bond motifs is 1. The predicted octanol–water partition coefficient (Wildman–Crippen LogP) is 3.55. The number of benzene rings is 1. The van der Waals surface area contributed by atoms with E-state index < -0.39 is 0 Å². The minimum absolute atomic E-state index is 0.0697. The maximum atomic E-state index is 13.4. The molecule has 1 aliphatic carbocycles. The Hall–Kier alpha value is -2.97. The van der Waals surface area contributed by atoms with Gasteiger partial charge in [0.15, 0.2) is 0 Å². The molecule has 2 heterocycles. The molecule has 35 heavy (non-hydrogen) atoms. The number of nitrogens with one attached hydrogen (secondary N) is 1. The molecule has 1 aliphatic heterocycles. The van der Waals surface area contributed by atoms with Crippen molar-refractivity contribution < 1.29 is 19.1 Å². The van der Waals surface area contributed by atoms with Crippen LogP contribution in [0, 0.1) is 11.8 Å². The van der Waals surface area contributed by atoms with Gasteiger partial charge in [0.05, 0.1) is 17.2 Å². The van der Waals surface area contributed by atoms with Gasteiger partial charge in [0.2, 0.25) is 0 Å². The van der Waals surface area contributed by atoms with Crippen LogP contribution >= 0.6 is 0 Å². The Bertz CT molecular complexity index is 1030. The first-order valence-corrected chi connectivity index (χ1v) is 12.4. The summed E-state index contributed by atoms with van der Waals surface area (Å²) >= 11 is 0. The average Bonchev–Trinajstić information content (AvgIpc) is 3.69. The molecule has 2 aromatic rings. The molecular formula is C27H36N4O4. The normalized spacial score (nSPS) is 24.1. The number of carbonyl (C=O) groups is 2. The smallest absolute Gasteiger partial charge is 0.257 e. The second-order valence-corrected chi connectivity index (χ2v) is 9.90. The van der Waals surface area contributed by atoms with Gasteiger partial charge in [0.25, 0.3) is 11.8 Å². The summed E-state index contributed by atoms with van der Waals surface area (Å²) in [5, 5.41) is 2.88. The fourth-order valence-electron chi connectivity index (χ4n) is 4.51. The lowest BCUT2D eigenvalue weighted by Gasteiger charge is -2.36. The molecule has 0 spiro atoms. The molecule has 8 nitrogen and oxygen atoms in total. The minimum atomic E-state index is -0.268. The number of carbonyl (C=O) groups excluding carboxylic acids is 2. The standard InChI is InChI=1S/C27H36N4O4/c1-18-14-31(15-20-7-8-20)19(2)17-35-24-12-22(29-26(32)21-6-5-11-28-13-21)9-10-23(24)27(33)30(3)16-25(18)34-4/h5-6,9-13,18-20,25H,7-8,14-17H2,1-4H3,(H,29,32)/t18-,19-,25-/m1/s1. The van der Waals surface area contributed by atoms with Crippen molar-refractivity contribution in [2.45, 2.75) is 38.8 Å². The number of methoxy groups -OCH3 is 1. The van der Waals surface area contributed by atoms with Gasteiger partial charge in [-0.15, -0.1) is 0 Å². The molecule has 1 saturated carbocycles. The molecule has 1 aromatic carbocycles. The quantitative estimate of drug-likeness (QED) is 0.705. The SMILES string of the molecule is CO[C@@H]1CN(C)C(=O)c2ccc(NC(=O)c3cccnc3)cc2OC[C@@H](C)N(CC2CC2)C[C@H]1C. The summed E-state index contributed by atoms with van der Waals surface area (Å²) in [6.07, 6.45) is 5.64. The number of anilines is 1. The van der Waals surface area contributed by atoms with Crippen LogP contribution in [-0.4, -0.2) is 79.1 Å². The highest BCUT2D eigenvalue weighted by molar-refractivity contribution is 6.04. The van der Waals surface area contributed by atoms with Crippen molar-refractivity contribution in [1.29, 1.82) is 0 Å². The number of pyridine rings is 1. The summed E-state index contributed by atoms with van der Waals surface area (Å²) in [4.78, 5) is 34.2. The lowest BCUT2D eigenvalue weighted by molar-refractivity contribution is 0.00994. The van der Waals surface area contributed by atoms with Crippen molar-refractivity contribution in [1.82, 2.24) is 14.8 Å². The minimum Gasteiger partial charge on any atom is -0.491 e. The molecule has 2 aliphatic rings. The highest BCUT2D eigenvalue weighted by Crippen LogP contribution is 2.32. The van der Waals surface area contributed by atoms with Crippen LogP contribution in [0.3, 0.4) is 0 Å². The largest absolute Gasteiger partial charge is 0.491 e. The third-order valence-electron chi connectivity index (χ3n) is 6.95. The third kappa shape index (κ3) is 6.38. The lowest BCUT2D eigenvalue weighted by Crippen LogP contribution is -2.47. The van der Waals surface area contributed by atoms with Gasteiger partial charge in [0, 0.05) is 64.0 Å². The van der Waals surface area contributed by atoms with Crippen LogP contribution in [0.4, 0.5) is 5.69 Å². The van der Waals surface area contributed by atoms with E-state index in [9.17, 15) is 9.59 Å². The van der Waals surface area contributed by atoms with Crippen LogP contribution in [-0.2, 0) is 4.74 Å². The molecule has 188 valence electrons. The van der Waals surface area contributed by atoms with Gasteiger partial charge in [-0.05, 0) is 55.9 Å². The van der Waals surface area contributed by atoms with Gasteiger partial charge in [-0.25, -0.2) is 0 Å². The highest BCUT2D eigenvalue weighted by atomic mass is 16.5. The fourth-order valence-corrected chi connectivity index (χ4v) is 4.51. The molecular weight excluding hydrogens is 444 g/mol. The molecule has 1 aromatic heterocycles. The maximum Gasteiger partial charge on any atom is 0.257 e. The van der Waals surface area contributed by atoms with E-state index in [-0.39, 0.29) is 29.9 Å². The number of amides is 2. The first kappa shape index (κ1) is 25.1. The Kier molecular flexibility index (Phi) is 8.03. The number of hydrogen-bond donors (Lipinski definition) is 1. The Morgan fingerprint density at radius 2 is 2.03 bits per heavy atom. The van der Waals surface area contributed by atoms with Crippen molar-refractivity contribution in [3.05, 3.63) is 53.9 Å². The third-order valence-corrected chi connectivity index (χ3v) is 6.95. The molecule has 1 fully saturated rings. The van der Waals surface area contributed by atoms with Gasteiger partial charge in [0.1, 0.15) is 12.4 Å². The number of rotatable bonds is 5. The molecule has 0 bridgehead atoms. The van der Waals surface area contributed by atoms with Crippen molar-refractivity contribution in [3.8, 4) is 5.75 Å². The zero-order valence-electron chi connectivity index (χ0n) is 21.1. The van der Waals surface area contributed by atoms with Crippen LogP contribution in [0.25, 0.3) is 0 Å². The van der Waals surface area contributed by atoms with E-state index in [1.807, 2.05) is 0 Å². The van der Waals surface area contributed by atoms with Gasteiger partial charge >= 0.3 is 0 Å². The number of ether oxygens (including phenoxy) is 2. The van der Waals surface area contributed by atoms with E-state index >= 15 is 0 Å². The molecule has 0 saturated heterocycles. The molecule has 0 unspecified atom stereocenters. The van der Waals surface area contributed by atoms with Crippen LogP contribution in [0.5, 0.6) is 5.75 Å². The van der Waals surface area contributed by atoms with E-state index in [0.717, 1.165) is 19.0 Å². The Morgan fingerprint density at radius 3 is 2.71 bits per heavy atom. The number of hydrogen-bond acceptors (Lipinski definition) is 6. The number of likely N-dealkylation sites (N-methyl/N-ethyl adjacent to an activating group) is 1. The number of nitrogens with zero attached hydrogens (tertiary/aromatic N) is 3. The van der Waals surface area contributed by atoms with E-state index in [1.54, 1.807) is 55.6 Å². The summed E-state index contributed by atoms with van der Waals surface area (Å²) in [6, 6.07) is 8.77. The monoisotopic (exact) mass is 480 g/mol. The van der Waals surface area contributed by atoms with Crippen molar-refractivity contribution in [3.63, 3.8) is 0 Å². The molecule has 2 amide bonds. The Balaban J connectivity index is 1.60. The van der Waals surface area contributed by atoms with E-state index in [4.69, 9.17) is 9.47 Å². The van der Waals surface area contributed by atoms with Crippen molar-refractivity contribution >= 4 is 17.5 Å². The van der Waals surface area contributed by atoms with E-state index in [0.29, 0.717) is 35.7 Å². The molecule has 1 N–H and O–H groups in total. The lowest BCUT2D eigenvalue weighted by atomic mass is 10.0. The van der Waals surface area contributed by atoms with E-state index in [1.165, 1.54) is 19.0 Å². The molecule has 0 radical (unpaired) electrons. The first-order chi connectivity index (χ1) is 16.9. The highest BCUT2D eigenvalue weighted by Gasteiger charge is 2.31. The van der Waals surface area contributed by atoms with Gasteiger partial charge in [-0.2, -0.15) is 0 Å². The van der Waals surface area contributed by atoms with E-state index in [2.05, 4.69) is 29.0 Å².